The molecule has 1 aliphatic heterocycles. The minimum Gasteiger partial charge on any atom is -0.493 e. The molecule has 174 valence electrons. The number of benzene rings is 1. The van der Waals surface area contributed by atoms with E-state index < -0.39 is 6.04 Å². The van der Waals surface area contributed by atoms with Crippen molar-refractivity contribution in [2.24, 2.45) is 5.92 Å². The molecule has 8 nitrogen and oxygen atoms in total. The Bertz CT molecular complexity index is 831. The van der Waals surface area contributed by atoms with Crippen LogP contribution >= 0.6 is 0 Å². The molecule has 0 saturated carbocycles. The van der Waals surface area contributed by atoms with Crippen LogP contribution < -0.4 is 30.2 Å². The molecule has 0 bridgehead atoms. The third kappa shape index (κ3) is 6.34. The monoisotopic (exact) mass is 442 g/mol. The fraction of sp³-hybridized carbons (Fsp3) is 0.500. The number of carbonyl (C=O) groups excluding carboxylic acids is 1. The smallest absolute Gasteiger partial charge is 0.242 e. The van der Waals surface area contributed by atoms with Gasteiger partial charge in [0.15, 0.2) is 11.5 Å². The molecule has 1 aliphatic rings. The molecule has 1 aromatic carbocycles. The minimum absolute atomic E-state index is 0.110. The molecule has 1 aromatic heterocycles. The van der Waals surface area contributed by atoms with Crippen molar-refractivity contribution in [2.75, 3.05) is 41.0 Å². The van der Waals surface area contributed by atoms with E-state index >= 15 is 0 Å². The molecule has 3 N–H and O–H groups in total. The van der Waals surface area contributed by atoms with Gasteiger partial charge in [0, 0.05) is 18.9 Å². The number of hydrogen-bond donors (Lipinski definition) is 3. The van der Waals surface area contributed by atoms with Gasteiger partial charge in [0.2, 0.25) is 11.7 Å². The number of piperidine rings is 1. The lowest BCUT2D eigenvalue weighted by molar-refractivity contribution is -0.123. The number of ether oxygens (including phenoxy) is 3. The van der Waals surface area contributed by atoms with Gasteiger partial charge in [0.05, 0.1) is 21.3 Å². The van der Waals surface area contributed by atoms with Gasteiger partial charge < -0.3 is 30.2 Å². The first-order valence-electron chi connectivity index (χ1n) is 11.1. The number of hydrogen-bond acceptors (Lipinski definition) is 7. The molecule has 32 heavy (non-hydrogen) atoms. The summed E-state index contributed by atoms with van der Waals surface area (Å²) < 4.78 is 16.4. The van der Waals surface area contributed by atoms with Crippen molar-refractivity contribution in [1.82, 2.24) is 20.9 Å². The van der Waals surface area contributed by atoms with Crippen LogP contribution in [-0.2, 0) is 11.3 Å². The van der Waals surface area contributed by atoms with Crippen LogP contribution in [0.2, 0.25) is 0 Å². The highest BCUT2D eigenvalue weighted by Crippen LogP contribution is 2.39. The topological polar surface area (TPSA) is 93.7 Å². The minimum atomic E-state index is -0.549. The number of rotatable bonds is 11. The van der Waals surface area contributed by atoms with Gasteiger partial charge in [-0.2, -0.15) is 0 Å². The van der Waals surface area contributed by atoms with E-state index in [1.807, 2.05) is 24.3 Å². The largest absolute Gasteiger partial charge is 0.493 e. The summed E-state index contributed by atoms with van der Waals surface area (Å²) in [5.74, 6) is 2.11. The zero-order chi connectivity index (χ0) is 22.8. The fourth-order valence-electron chi connectivity index (χ4n) is 4.02. The summed E-state index contributed by atoms with van der Waals surface area (Å²) in [6.45, 7) is 3.30. The quantitative estimate of drug-likeness (QED) is 0.492. The predicted molar refractivity (Wildman–Crippen MR) is 123 cm³/mol. The average Bonchev–Trinajstić information content (AvgIpc) is 2.85. The van der Waals surface area contributed by atoms with Crippen LogP contribution in [0.15, 0.2) is 36.7 Å². The molecule has 2 aromatic rings. The number of pyridine rings is 1. The molecule has 3 rings (SSSR count). The Morgan fingerprint density at radius 1 is 1.09 bits per heavy atom. The molecule has 1 atom stereocenters. The standard InChI is InChI=1S/C24H34N4O4/c1-30-20-14-19(15-21(31-2)23(20)32-3)22(27-13-8-17-4-9-25-10-5-17)24(29)28-16-18-6-11-26-12-7-18/h6-7,11-12,14-15,17,22,25,27H,4-5,8-10,13,16H2,1-3H3,(H,28,29). The number of carbonyl (C=O) groups is 1. The van der Waals surface area contributed by atoms with E-state index in [4.69, 9.17) is 14.2 Å². The number of nitrogens with one attached hydrogen (secondary N) is 3. The van der Waals surface area contributed by atoms with E-state index in [-0.39, 0.29) is 5.91 Å². The van der Waals surface area contributed by atoms with Gasteiger partial charge in [-0.1, -0.05) is 0 Å². The van der Waals surface area contributed by atoms with Crippen LogP contribution in [-0.4, -0.2) is 51.9 Å². The van der Waals surface area contributed by atoms with Crippen LogP contribution in [0.25, 0.3) is 0 Å². The van der Waals surface area contributed by atoms with Crippen LogP contribution in [0.1, 0.15) is 36.4 Å². The maximum absolute atomic E-state index is 13.2. The molecular weight excluding hydrogens is 408 g/mol. The first-order chi connectivity index (χ1) is 15.7. The van der Waals surface area contributed by atoms with Crippen molar-refractivity contribution in [3.63, 3.8) is 0 Å². The van der Waals surface area contributed by atoms with E-state index in [0.717, 1.165) is 37.2 Å². The Morgan fingerprint density at radius 2 is 1.75 bits per heavy atom. The molecule has 0 radical (unpaired) electrons. The predicted octanol–water partition coefficient (Wildman–Crippen LogP) is 2.44. The van der Waals surface area contributed by atoms with Gasteiger partial charge in [0.25, 0.3) is 0 Å². The number of methoxy groups -OCH3 is 3. The second kappa shape index (κ2) is 12.3. The zero-order valence-corrected chi connectivity index (χ0v) is 19.1. The Balaban J connectivity index is 1.77. The van der Waals surface area contributed by atoms with Crippen LogP contribution in [0, 0.1) is 5.92 Å². The normalized spacial score (nSPS) is 15.1. The van der Waals surface area contributed by atoms with Crippen molar-refractivity contribution in [1.29, 1.82) is 0 Å². The maximum atomic E-state index is 13.2. The fourth-order valence-corrected chi connectivity index (χ4v) is 4.02. The molecule has 2 heterocycles. The van der Waals surface area contributed by atoms with E-state index in [1.54, 1.807) is 33.7 Å². The molecule has 1 saturated heterocycles. The lowest BCUT2D eigenvalue weighted by Crippen LogP contribution is -2.38. The van der Waals surface area contributed by atoms with Crippen LogP contribution in [0.4, 0.5) is 0 Å². The third-order valence-corrected chi connectivity index (χ3v) is 5.86. The molecule has 1 unspecified atom stereocenters. The molecule has 0 spiro atoms. The van der Waals surface area contributed by atoms with Crippen molar-refractivity contribution >= 4 is 5.91 Å². The van der Waals surface area contributed by atoms with Gasteiger partial charge >= 0.3 is 0 Å². The second-order valence-electron chi connectivity index (χ2n) is 7.90. The Hall–Kier alpha value is -2.84. The highest BCUT2D eigenvalue weighted by molar-refractivity contribution is 5.83. The van der Waals surface area contributed by atoms with Gasteiger partial charge in [-0.15, -0.1) is 0 Å². The summed E-state index contributed by atoms with van der Waals surface area (Å²) in [5, 5.41) is 9.90. The maximum Gasteiger partial charge on any atom is 0.242 e. The van der Waals surface area contributed by atoms with E-state index in [0.29, 0.717) is 29.7 Å². The lowest BCUT2D eigenvalue weighted by atomic mass is 9.94. The van der Waals surface area contributed by atoms with Crippen molar-refractivity contribution in [3.05, 3.63) is 47.8 Å². The molecule has 1 fully saturated rings. The van der Waals surface area contributed by atoms with Gasteiger partial charge in [0.1, 0.15) is 6.04 Å². The SMILES string of the molecule is COc1cc(C(NCCC2CCNCC2)C(=O)NCc2ccncc2)cc(OC)c1OC. The van der Waals surface area contributed by atoms with Crippen LogP contribution in [0.3, 0.4) is 0 Å². The van der Waals surface area contributed by atoms with Crippen molar-refractivity contribution in [2.45, 2.75) is 31.8 Å². The van der Waals surface area contributed by atoms with E-state index in [9.17, 15) is 4.79 Å². The van der Waals surface area contributed by atoms with Gasteiger partial charge in [-0.25, -0.2) is 0 Å². The molecular formula is C24H34N4O4. The average molecular weight is 443 g/mol. The van der Waals surface area contributed by atoms with Crippen molar-refractivity contribution in [3.8, 4) is 17.2 Å². The first kappa shape index (κ1) is 23.8. The molecule has 1 amide bonds. The van der Waals surface area contributed by atoms with Crippen molar-refractivity contribution < 1.29 is 19.0 Å². The number of aromatic nitrogens is 1. The Morgan fingerprint density at radius 3 is 2.34 bits per heavy atom. The first-order valence-corrected chi connectivity index (χ1v) is 11.1. The summed E-state index contributed by atoms with van der Waals surface area (Å²) >= 11 is 0. The van der Waals surface area contributed by atoms with E-state index in [2.05, 4.69) is 20.9 Å². The lowest BCUT2D eigenvalue weighted by Gasteiger charge is -2.25. The summed E-state index contributed by atoms with van der Waals surface area (Å²) in [5.41, 5.74) is 1.75. The highest BCUT2D eigenvalue weighted by Gasteiger charge is 2.25. The third-order valence-electron chi connectivity index (χ3n) is 5.86. The van der Waals surface area contributed by atoms with E-state index in [1.165, 1.54) is 12.8 Å². The zero-order valence-electron chi connectivity index (χ0n) is 19.1. The Kier molecular flexibility index (Phi) is 9.13. The van der Waals surface area contributed by atoms with Gasteiger partial charge in [-0.3, -0.25) is 9.78 Å². The summed E-state index contributed by atoms with van der Waals surface area (Å²) in [6, 6.07) is 6.89. The number of nitrogens with zero attached hydrogens (tertiary/aromatic N) is 1. The summed E-state index contributed by atoms with van der Waals surface area (Å²) in [6.07, 6.45) is 6.81. The summed E-state index contributed by atoms with van der Waals surface area (Å²) in [7, 11) is 4.71. The van der Waals surface area contributed by atoms with Crippen LogP contribution in [0.5, 0.6) is 17.2 Å². The molecule has 0 aliphatic carbocycles. The highest BCUT2D eigenvalue weighted by atomic mass is 16.5. The number of amides is 1. The molecule has 8 heteroatoms. The summed E-state index contributed by atoms with van der Waals surface area (Å²) in [4.78, 5) is 17.3. The Labute approximate surface area is 190 Å². The van der Waals surface area contributed by atoms with Gasteiger partial charge in [-0.05, 0) is 80.2 Å². The second-order valence-corrected chi connectivity index (χ2v) is 7.90.